The molecule has 2 aliphatic rings. The van der Waals surface area contributed by atoms with Crippen LogP contribution in [0.2, 0.25) is 10.0 Å². The summed E-state index contributed by atoms with van der Waals surface area (Å²) < 4.78 is 9.30. The fourth-order valence-corrected chi connectivity index (χ4v) is 10.3. The lowest BCUT2D eigenvalue weighted by Gasteiger charge is -2.14. The van der Waals surface area contributed by atoms with Gasteiger partial charge in [-0.15, -0.1) is 43.1 Å². The number of anilines is 1. The number of rotatable bonds is 9. The monoisotopic (exact) mass is 935 g/mol. The van der Waals surface area contributed by atoms with Gasteiger partial charge >= 0.3 is 0 Å². The minimum absolute atomic E-state index is 0.0697. The van der Waals surface area contributed by atoms with Crippen molar-refractivity contribution in [3.63, 3.8) is 0 Å². The number of hydrogen-bond donors (Lipinski definition) is 2. The van der Waals surface area contributed by atoms with Gasteiger partial charge in [0.1, 0.15) is 39.4 Å². The molecule has 0 fully saturated rings. The fourth-order valence-electron chi connectivity index (χ4n) is 7.62. The summed E-state index contributed by atoms with van der Waals surface area (Å²) in [6.07, 6.45) is 1.77. The van der Waals surface area contributed by atoms with Crippen LogP contribution in [0.1, 0.15) is 91.4 Å². The Morgan fingerprint density at radius 1 is 0.672 bits per heavy atom. The summed E-state index contributed by atoms with van der Waals surface area (Å²) in [7, 11) is 2.92. The first-order valence-electron chi connectivity index (χ1n) is 20.1. The van der Waals surface area contributed by atoms with Crippen LogP contribution in [-0.4, -0.2) is 72.0 Å². The van der Waals surface area contributed by atoms with Crippen LogP contribution in [0.15, 0.2) is 76.8 Å². The molecular formula is C45H43Cl2N11O4S2. The molecule has 64 heavy (non-hydrogen) atoms. The van der Waals surface area contributed by atoms with Crippen LogP contribution < -0.4 is 15.5 Å². The second-order valence-electron chi connectivity index (χ2n) is 15.1. The zero-order chi connectivity index (χ0) is 45.4. The summed E-state index contributed by atoms with van der Waals surface area (Å²) in [6.45, 7) is 12.2. The number of hydroxylamine groups is 1. The Morgan fingerprint density at radius 3 is 1.59 bits per heavy atom. The van der Waals surface area contributed by atoms with Crippen LogP contribution in [0.3, 0.4) is 0 Å². The molecule has 0 saturated carbocycles. The fraction of sp³-hybridized carbons (Fsp3) is 0.267. The lowest BCUT2D eigenvalue weighted by molar-refractivity contribution is -0.131. The van der Waals surface area contributed by atoms with E-state index in [-0.39, 0.29) is 24.7 Å². The largest absolute Gasteiger partial charge is 0.480 e. The van der Waals surface area contributed by atoms with Crippen molar-refractivity contribution in [3.05, 3.63) is 143 Å². The maximum atomic E-state index is 13.2. The molecule has 2 aliphatic heterocycles. The molecular weight excluding hydrogens is 894 g/mol. The predicted octanol–water partition coefficient (Wildman–Crippen LogP) is 9.10. The van der Waals surface area contributed by atoms with Gasteiger partial charge in [0.05, 0.1) is 38.5 Å². The third-order valence-corrected chi connectivity index (χ3v) is 13.8. The Kier molecular flexibility index (Phi) is 12.9. The molecule has 9 rings (SSSR count). The van der Waals surface area contributed by atoms with Gasteiger partial charge in [0.25, 0.3) is 0 Å². The van der Waals surface area contributed by atoms with Crippen molar-refractivity contribution in [1.82, 2.24) is 40.0 Å². The summed E-state index contributed by atoms with van der Waals surface area (Å²) >= 11 is 15.6. The second-order valence-corrected chi connectivity index (χ2v) is 18.3. The maximum Gasteiger partial charge on any atom is 0.246 e. The number of ether oxygens (including phenoxy) is 1. The smallest absolute Gasteiger partial charge is 0.246 e. The predicted molar refractivity (Wildman–Crippen MR) is 250 cm³/mol. The van der Waals surface area contributed by atoms with Crippen LogP contribution in [-0.2, 0) is 14.4 Å². The molecule has 0 unspecified atom stereocenters. The van der Waals surface area contributed by atoms with Crippen molar-refractivity contribution in [2.45, 2.75) is 66.5 Å². The molecule has 2 atom stereocenters. The number of halogens is 2. The molecule has 0 bridgehead atoms. The zero-order valence-electron chi connectivity index (χ0n) is 36.2. The summed E-state index contributed by atoms with van der Waals surface area (Å²) in [5.41, 5.74) is 10.7. The Bertz CT molecular complexity index is 2970. The topological polar surface area (TPSA) is 176 Å². The van der Waals surface area contributed by atoms with Gasteiger partial charge in [-0.2, -0.15) is 0 Å². The van der Waals surface area contributed by atoms with Gasteiger partial charge in [0.2, 0.25) is 17.7 Å². The van der Waals surface area contributed by atoms with E-state index in [1.165, 1.54) is 24.0 Å². The molecule has 328 valence electrons. The number of benzene rings is 2. The number of amides is 2. The summed E-state index contributed by atoms with van der Waals surface area (Å²) in [5, 5.41) is 23.6. The quantitative estimate of drug-likeness (QED) is 0.134. The van der Waals surface area contributed by atoms with Crippen molar-refractivity contribution in [2.24, 2.45) is 9.98 Å². The SMILES string of the molecule is CONC(=O)C[C@@H]1N=C(c2ccc(Cl)cc2)c2c(sc(C)c2C)-n2c(C)nnc21.COc1ncccc1NC(=O)C[C@@H]1N=C(c2ccc(Cl)cc2)c2c(sc(C)c2C)-n2c(C)nnc21. The third kappa shape index (κ3) is 8.60. The van der Waals surface area contributed by atoms with Gasteiger partial charge in [-0.25, -0.2) is 10.5 Å². The normalized spacial score (nSPS) is 14.9. The highest BCUT2D eigenvalue weighted by Crippen LogP contribution is 2.41. The average Bonchev–Trinajstić information content (AvgIpc) is 3.97. The number of nitrogens with one attached hydrogen (secondary N) is 2. The van der Waals surface area contributed by atoms with Crippen LogP contribution in [0, 0.1) is 41.5 Å². The van der Waals surface area contributed by atoms with E-state index in [9.17, 15) is 9.59 Å². The molecule has 2 amide bonds. The number of hydrogen-bond acceptors (Lipinski definition) is 13. The number of fused-ring (bicyclic) bond motifs is 6. The third-order valence-electron chi connectivity index (χ3n) is 10.9. The van der Waals surface area contributed by atoms with E-state index in [4.69, 9.17) is 42.8 Å². The van der Waals surface area contributed by atoms with Crippen molar-refractivity contribution >= 4 is 74.8 Å². The van der Waals surface area contributed by atoms with Gasteiger partial charge in [-0.3, -0.25) is 33.5 Å². The first kappa shape index (κ1) is 44.5. The van der Waals surface area contributed by atoms with Crippen LogP contribution in [0.4, 0.5) is 5.69 Å². The second kappa shape index (κ2) is 18.5. The highest BCUT2D eigenvalue weighted by molar-refractivity contribution is 7.15. The molecule has 0 spiro atoms. The molecule has 0 aliphatic carbocycles. The van der Waals surface area contributed by atoms with E-state index in [0.717, 1.165) is 66.5 Å². The van der Waals surface area contributed by atoms with Gasteiger partial charge < -0.3 is 10.1 Å². The van der Waals surface area contributed by atoms with Crippen LogP contribution >= 0.6 is 45.9 Å². The van der Waals surface area contributed by atoms with Crippen LogP contribution in [0.5, 0.6) is 5.88 Å². The molecule has 0 radical (unpaired) electrons. The number of carbonyl (C=O) groups excluding carboxylic acids is 2. The molecule has 0 saturated heterocycles. The van der Waals surface area contributed by atoms with Crippen LogP contribution in [0.25, 0.3) is 10.0 Å². The summed E-state index contributed by atoms with van der Waals surface area (Å²) in [5.74, 6) is 2.61. The number of aliphatic imine (C=N–C) groups is 2. The van der Waals surface area contributed by atoms with Gasteiger partial charge in [-0.05, 0) is 89.1 Å². The molecule has 2 N–H and O–H groups in total. The molecule has 7 heterocycles. The lowest BCUT2D eigenvalue weighted by Crippen LogP contribution is -2.24. The summed E-state index contributed by atoms with van der Waals surface area (Å²) in [4.78, 5) is 46.9. The number of aryl methyl sites for hydroxylation is 4. The van der Waals surface area contributed by atoms with E-state index in [1.54, 1.807) is 41.0 Å². The number of methoxy groups -OCH3 is 1. The van der Waals surface area contributed by atoms with Gasteiger partial charge in [0.15, 0.2) is 11.6 Å². The van der Waals surface area contributed by atoms with Crippen molar-refractivity contribution in [1.29, 1.82) is 0 Å². The van der Waals surface area contributed by atoms with Crippen molar-refractivity contribution < 1.29 is 19.2 Å². The first-order valence-corrected chi connectivity index (χ1v) is 22.5. The van der Waals surface area contributed by atoms with Gasteiger partial charge in [0, 0.05) is 48.3 Å². The number of aromatic nitrogens is 7. The Balaban J connectivity index is 0.000000178. The van der Waals surface area contributed by atoms with E-state index < -0.39 is 12.1 Å². The van der Waals surface area contributed by atoms with Gasteiger partial charge in [-0.1, -0.05) is 47.5 Å². The first-order chi connectivity index (χ1) is 30.8. The van der Waals surface area contributed by atoms with Crippen molar-refractivity contribution in [3.8, 4) is 15.9 Å². The average molecular weight is 937 g/mol. The van der Waals surface area contributed by atoms with E-state index in [2.05, 4.69) is 63.9 Å². The van der Waals surface area contributed by atoms with E-state index >= 15 is 0 Å². The molecule has 7 aromatic rings. The highest BCUT2D eigenvalue weighted by Gasteiger charge is 2.34. The Hall–Kier alpha value is -6.11. The standard InChI is InChI=1S/C25H23ClN6O2S.C20H20ClN5O2S/c1-13-14(2)35-25-21(13)22(16-7-9-17(26)10-8-16)29-19(23-31-30-15(3)32(23)25)12-20(33)28-18-6-5-11-27-24(18)34-4;1-10-11(2)29-20-17(10)18(13-5-7-14(21)8-6-13)22-15(9-16(27)25-28-4)19-24-23-12(3)26(19)20/h5-11,19H,12H2,1-4H3,(H,28,33);5-8,15H,9H2,1-4H3,(H,25,27)/t19-;15-/m00/s1. The Morgan fingerprint density at radius 2 is 1.14 bits per heavy atom. The highest BCUT2D eigenvalue weighted by atomic mass is 35.5. The molecule has 5 aromatic heterocycles. The number of carbonyl (C=O) groups is 2. The van der Waals surface area contributed by atoms with E-state index in [0.29, 0.717) is 33.3 Å². The lowest BCUT2D eigenvalue weighted by atomic mass is 9.99. The molecule has 19 heteroatoms. The number of pyridine rings is 1. The zero-order valence-corrected chi connectivity index (χ0v) is 39.3. The minimum atomic E-state index is -0.552. The summed E-state index contributed by atoms with van der Waals surface area (Å²) in [6, 6.07) is 17.6. The maximum absolute atomic E-state index is 13.2. The Labute approximate surface area is 387 Å². The van der Waals surface area contributed by atoms with E-state index in [1.807, 2.05) is 71.5 Å². The molecule has 2 aromatic carbocycles. The minimum Gasteiger partial charge on any atom is -0.480 e. The number of thiophene rings is 2. The molecule has 15 nitrogen and oxygen atoms in total. The van der Waals surface area contributed by atoms with Crippen molar-refractivity contribution in [2.75, 3.05) is 19.5 Å². The number of nitrogens with zero attached hydrogens (tertiary/aromatic N) is 9.